The van der Waals surface area contributed by atoms with E-state index in [4.69, 9.17) is 32.9 Å². The van der Waals surface area contributed by atoms with Crippen LogP contribution in [0.3, 0.4) is 0 Å². The lowest BCUT2D eigenvalue weighted by Gasteiger charge is -2.06. The normalized spacial score (nSPS) is 12.9. The van der Waals surface area contributed by atoms with E-state index < -0.39 is 17.8 Å². The van der Waals surface area contributed by atoms with E-state index in [1.165, 1.54) is 6.20 Å². The van der Waals surface area contributed by atoms with Gasteiger partial charge < -0.3 is 21.3 Å². The molecule has 2 aromatic rings. The number of aliphatic carboxylic acids is 1. The van der Waals surface area contributed by atoms with Crippen molar-refractivity contribution in [2.24, 2.45) is 26.9 Å². The standard InChI is InChI=1S/C16H16ClFN6O3/c17-10-5-13(18)16(21-7-10)27-12-3-1-9(2-4-12)15(20)23-24-22-8-11(19)6-14(25)26/h1-5,7,11H,6,8,19H2,(H,25,26)(H2,20,22,23). The number of benzene rings is 1. The third kappa shape index (κ3) is 6.60. The molecule has 1 unspecified atom stereocenters. The first-order valence-electron chi connectivity index (χ1n) is 7.62. The van der Waals surface area contributed by atoms with Gasteiger partial charge >= 0.3 is 5.97 Å². The summed E-state index contributed by atoms with van der Waals surface area (Å²) in [7, 11) is 0. The SMILES string of the molecule is N/C(=N\N=NCC(N)CC(=O)O)c1ccc(Oc2ncc(Cl)cc2F)cc1. The van der Waals surface area contributed by atoms with E-state index in [0.717, 1.165) is 6.07 Å². The number of nitrogens with zero attached hydrogens (tertiary/aromatic N) is 4. The van der Waals surface area contributed by atoms with Crippen LogP contribution in [0.25, 0.3) is 0 Å². The molecule has 27 heavy (non-hydrogen) atoms. The van der Waals surface area contributed by atoms with E-state index in [1.54, 1.807) is 24.3 Å². The van der Waals surface area contributed by atoms with Crippen molar-refractivity contribution in [3.8, 4) is 11.6 Å². The number of ether oxygens (including phenoxy) is 1. The molecule has 0 amide bonds. The molecule has 2 rings (SSSR count). The lowest BCUT2D eigenvalue weighted by Crippen LogP contribution is -2.26. The Kier molecular flexibility index (Phi) is 7.15. The number of pyridine rings is 1. The second-order valence-electron chi connectivity index (χ2n) is 5.32. The van der Waals surface area contributed by atoms with Crippen LogP contribution in [0.1, 0.15) is 12.0 Å². The molecular weight excluding hydrogens is 379 g/mol. The molecule has 0 aliphatic carbocycles. The van der Waals surface area contributed by atoms with Crippen LogP contribution in [0, 0.1) is 5.82 Å². The van der Waals surface area contributed by atoms with Crippen LogP contribution in [0.5, 0.6) is 11.6 Å². The van der Waals surface area contributed by atoms with Gasteiger partial charge in [0.15, 0.2) is 11.7 Å². The molecule has 0 radical (unpaired) electrons. The van der Waals surface area contributed by atoms with Gasteiger partial charge in [0.05, 0.1) is 18.0 Å². The summed E-state index contributed by atoms with van der Waals surface area (Å²) in [6.07, 6.45) is 1.05. The Hall–Kier alpha value is -3.11. The summed E-state index contributed by atoms with van der Waals surface area (Å²) in [5.74, 6) is -1.50. The van der Waals surface area contributed by atoms with Gasteiger partial charge in [0.1, 0.15) is 5.75 Å². The smallest absolute Gasteiger partial charge is 0.304 e. The molecule has 9 nitrogen and oxygen atoms in total. The van der Waals surface area contributed by atoms with Crippen molar-refractivity contribution in [3.63, 3.8) is 0 Å². The van der Waals surface area contributed by atoms with Crippen molar-refractivity contribution in [1.29, 1.82) is 0 Å². The number of nitrogens with two attached hydrogens (primary N) is 2. The van der Waals surface area contributed by atoms with E-state index in [9.17, 15) is 9.18 Å². The Labute approximate surface area is 158 Å². The number of carboxylic acid groups (broad SMARTS) is 1. The van der Waals surface area contributed by atoms with Gasteiger partial charge in [-0.1, -0.05) is 11.6 Å². The van der Waals surface area contributed by atoms with Crippen LogP contribution >= 0.6 is 11.6 Å². The minimum Gasteiger partial charge on any atom is -0.481 e. The van der Waals surface area contributed by atoms with Gasteiger partial charge in [0.2, 0.25) is 0 Å². The molecule has 0 spiro atoms. The highest BCUT2D eigenvalue weighted by atomic mass is 35.5. The van der Waals surface area contributed by atoms with Gasteiger partial charge in [-0.05, 0) is 35.6 Å². The predicted molar refractivity (Wildman–Crippen MR) is 96.4 cm³/mol. The number of hydrogen-bond acceptors (Lipinski definition) is 6. The molecule has 142 valence electrons. The number of amidine groups is 1. The number of aromatic nitrogens is 1. The molecular formula is C16H16ClFN6O3. The first-order chi connectivity index (χ1) is 12.8. The lowest BCUT2D eigenvalue weighted by molar-refractivity contribution is -0.137. The minimum absolute atomic E-state index is 0.00944. The second kappa shape index (κ2) is 9.55. The van der Waals surface area contributed by atoms with Crippen molar-refractivity contribution in [3.05, 3.63) is 52.9 Å². The van der Waals surface area contributed by atoms with Crippen molar-refractivity contribution in [2.75, 3.05) is 6.54 Å². The number of hydrogen-bond donors (Lipinski definition) is 3. The van der Waals surface area contributed by atoms with Crippen LogP contribution < -0.4 is 16.2 Å². The molecule has 5 N–H and O–H groups in total. The lowest BCUT2D eigenvalue weighted by atomic mass is 10.2. The van der Waals surface area contributed by atoms with E-state index in [-0.39, 0.29) is 29.7 Å². The topological polar surface area (TPSA) is 149 Å². The molecule has 1 heterocycles. The zero-order valence-electron chi connectivity index (χ0n) is 13.9. The first kappa shape index (κ1) is 20.2. The van der Waals surface area contributed by atoms with Crippen molar-refractivity contribution >= 4 is 23.4 Å². The van der Waals surface area contributed by atoms with Crippen LogP contribution in [0.15, 0.2) is 52.0 Å². The van der Waals surface area contributed by atoms with E-state index in [2.05, 4.69) is 20.4 Å². The summed E-state index contributed by atoms with van der Waals surface area (Å²) >= 11 is 5.63. The maximum atomic E-state index is 13.7. The molecule has 1 aromatic heterocycles. The molecule has 0 saturated heterocycles. The Morgan fingerprint density at radius 3 is 2.70 bits per heavy atom. The first-order valence-corrected chi connectivity index (χ1v) is 7.99. The highest BCUT2D eigenvalue weighted by molar-refractivity contribution is 6.30. The fourth-order valence-corrected chi connectivity index (χ4v) is 1.99. The molecule has 0 aliphatic heterocycles. The number of halogens is 2. The van der Waals surface area contributed by atoms with Gasteiger partial charge in [0, 0.05) is 17.8 Å². The van der Waals surface area contributed by atoms with Crippen molar-refractivity contribution in [1.82, 2.24) is 4.98 Å². The molecule has 0 fully saturated rings. The Morgan fingerprint density at radius 1 is 1.37 bits per heavy atom. The zero-order valence-corrected chi connectivity index (χ0v) is 14.7. The van der Waals surface area contributed by atoms with Crippen LogP contribution in [-0.2, 0) is 4.79 Å². The average molecular weight is 395 g/mol. The number of carboxylic acids is 1. The maximum absolute atomic E-state index is 13.7. The fourth-order valence-electron chi connectivity index (χ4n) is 1.85. The average Bonchev–Trinajstić information content (AvgIpc) is 2.61. The third-order valence-corrected chi connectivity index (χ3v) is 3.31. The highest BCUT2D eigenvalue weighted by Crippen LogP contribution is 2.24. The molecule has 1 atom stereocenters. The number of carbonyl (C=O) groups is 1. The van der Waals surface area contributed by atoms with E-state index in [1.807, 2.05) is 0 Å². The summed E-state index contributed by atoms with van der Waals surface area (Å²) in [6, 6.07) is 6.72. The summed E-state index contributed by atoms with van der Waals surface area (Å²) in [5.41, 5.74) is 11.8. The maximum Gasteiger partial charge on any atom is 0.304 e. The third-order valence-electron chi connectivity index (χ3n) is 3.11. The molecule has 0 saturated carbocycles. The highest BCUT2D eigenvalue weighted by Gasteiger charge is 2.08. The largest absolute Gasteiger partial charge is 0.481 e. The molecule has 0 aliphatic rings. The van der Waals surface area contributed by atoms with Gasteiger partial charge in [-0.2, -0.15) is 5.11 Å². The monoisotopic (exact) mass is 394 g/mol. The van der Waals surface area contributed by atoms with Crippen molar-refractivity contribution in [2.45, 2.75) is 12.5 Å². The molecule has 11 heteroatoms. The minimum atomic E-state index is -1.02. The van der Waals surface area contributed by atoms with Gasteiger partial charge in [-0.3, -0.25) is 4.79 Å². The fraction of sp³-hybridized carbons (Fsp3) is 0.188. The zero-order chi connectivity index (χ0) is 19.8. The number of rotatable bonds is 8. The van der Waals surface area contributed by atoms with Crippen LogP contribution in [0.2, 0.25) is 5.02 Å². The second-order valence-corrected chi connectivity index (χ2v) is 5.76. The summed E-state index contributed by atoms with van der Waals surface area (Å²) in [6.45, 7) is 0.00944. The van der Waals surface area contributed by atoms with Crippen molar-refractivity contribution < 1.29 is 19.0 Å². The van der Waals surface area contributed by atoms with Gasteiger partial charge in [-0.25, -0.2) is 9.37 Å². The van der Waals surface area contributed by atoms with Gasteiger partial charge in [0.25, 0.3) is 5.88 Å². The predicted octanol–water partition coefficient (Wildman–Crippen LogP) is 2.54. The van der Waals surface area contributed by atoms with Crippen LogP contribution in [-0.4, -0.2) is 34.5 Å². The Morgan fingerprint density at radius 2 is 2.07 bits per heavy atom. The summed E-state index contributed by atoms with van der Waals surface area (Å²) in [5, 5.41) is 19.6. The van der Waals surface area contributed by atoms with Crippen LogP contribution in [0.4, 0.5) is 4.39 Å². The summed E-state index contributed by atoms with van der Waals surface area (Å²) < 4.78 is 19.0. The quantitative estimate of drug-likeness (QED) is 0.271. The Balaban J connectivity index is 1.96. The molecule has 0 bridgehead atoms. The summed E-state index contributed by atoms with van der Waals surface area (Å²) in [4.78, 5) is 14.2. The van der Waals surface area contributed by atoms with E-state index >= 15 is 0 Å². The molecule has 1 aromatic carbocycles. The van der Waals surface area contributed by atoms with Gasteiger partial charge in [-0.15, -0.1) is 5.10 Å². The Bertz CT molecular complexity index is 860. The van der Waals surface area contributed by atoms with E-state index in [0.29, 0.717) is 11.3 Å².